The molecular weight excluding hydrogens is 248 g/mol. The summed E-state index contributed by atoms with van der Waals surface area (Å²) >= 11 is 0. The minimum Gasteiger partial charge on any atom is -0.382 e. The van der Waals surface area contributed by atoms with E-state index in [0.29, 0.717) is 6.04 Å². The number of hydrogen-bond acceptors (Lipinski definition) is 3. The number of nitrogens with one attached hydrogen (secondary N) is 1. The largest absolute Gasteiger partial charge is 0.382 e. The first-order chi connectivity index (χ1) is 9.83. The van der Waals surface area contributed by atoms with Crippen LogP contribution in [0.3, 0.4) is 0 Å². The van der Waals surface area contributed by atoms with Gasteiger partial charge in [-0.25, -0.2) is 0 Å². The summed E-state index contributed by atoms with van der Waals surface area (Å²) < 4.78 is 5.40. The van der Waals surface area contributed by atoms with Gasteiger partial charge in [-0.1, -0.05) is 12.8 Å². The van der Waals surface area contributed by atoms with E-state index in [-0.39, 0.29) is 0 Å². The van der Waals surface area contributed by atoms with Crippen LogP contribution < -0.4 is 10.2 Å². The molecule has 1 saturated carbocycles. The summed E-state index contributed by atoms with van der Waals surface area (Å²) in [6.07, 6.45) is 5.60. The number of hydrogen-bond donors (Lipinski definition) is 1. The first-order valence-electron chi connectivity index (χ1n) is 8.02. The predicted molar refractivity (Wildman–Crippen MR) is 84.5 cm³/mol. The van der Waals surface area contributed by atoms with Crippen LogP contribution in [-0.2, 0) is 4.74 Å². The molecule has 0 radical (unpaired) electrons. The Morgan fingerprint density at radius 2 is 1.75 bits per heavy atom. The lowest BCUT2D eigenvalue weighted by molar-refractivity contribution is 0.122. The molecule has 0 amide bonds. The van der Waals surface area contributed by atoms with Crippen molar-refractivity contribution in [2.24, 2.45) is 5.92 Å². The summed E-state index contributed by atoms with van der Waals surface area (Å²) in [7, 11) is 0. The van der Waals surface area contributed by atoms with Crippen LogP contribution in [0.2, 0.25) is 0 Å². The fourth-order valence-electron chi connectivity index (χ4n) is 3.43. The van der Waals surface area contributed by atoms with Gasteiger partial charge in [0.2, 0.25) is 0 Å². The molecule has 3 nitrogen and oxygen atoms in total. The zero-order chi connectivity index (χ0) is 13.8. The number of morpholine rings is 1. The smallest absolute Gasteiger partial charge is 0.0642 e. The Balaban J connectivity index is 1.57. The van der Waals surface area contributed by atoms with E-state index in [0.717, 1.165) is 32.2 Å². The maximum atomic E-state index is 5.40. The summed E-state index contributed by atoms with van der Waals surface area (Å²) in [5.74, 6) is 0.855. The predicted octanol–water partition coefficient (Wildman–Crippen LogP) is 3.51. The van der Waals surface area contributed by atoms with Gasteiger partial charge in [-0.3, -0.25) is 0 Å². The van der Waals surface area contributed by atoms with Gasteiger partial charge < -0.3 is 15.0 Å². The Hall–Kier alpha value is -1.22. The minimum atomic E-state index is 0.590. The third-order valence-corrected chi connectivity index (χ3v) is 4.74. The van der Waals surface area contributed by atoms with E-state index in [1.54, 1.807) is 0 Å². The van der Waals surface area contributed by atoms with Crippen molar-refractivity contribution < 1.29 is 4.74 Å². The van der Waals surface area contributed by atoms with Gasteiger partial charge in [0.05, 0.1) is 13.2 Å². The molecule has 2 aliphatic rings. The van der Waals surface area contributed by atoms with Gasteiger partial charge in [-0.2, -0.15) is 0 Å². The normalized spacial score (nSPS) is 21.9. The molecule has 0 spiro atoms. The molecule has 1 aliphatic carbocycles. The molecule has 20 heavy (non-hydrogen) atoms. The molecule has 3 heteroatoms. The molecule has 1 aromatic carbocycles. The third kappa shape index (κ3) is 3.26. The van der Waals surface area contributed by atoms with E-state index < -0.39 is 0 Å². The molecule has 1 atom stereocenters. The fraction of sp³-hybridized carbons (Fsp3) is 0.647. The van der Waals surface area contributed by atoms with E-state index in [4.69, 9.17) is 4.74 Å². The molecule has 0 bridgehead atoms. The molecular formula is C17H26N2O. The lowest BCUT2D eigenvalue weighted by Gasteiger charge is -2.29. The van der Waals surface area contributed by atoms with E-state index in [2.05, 4.69) is 41.4 Å². The number of nitrogens with zero attached hydrogens (tertiary/aromatic N) is 1. The van der Waals surface area contributed by atoms with E-state index in [1.165, 1.54) is 37.1 Å². The highest BCUT2D eigenvalue weighted by Gasteiger charge is 2.21. The summed E-state index contributed by atoms with van der Waals surface area (Å²) in [6, 6.07) is 9.49. The molecule has 0 aromatic heterocycles. The zero-order valence-corrected chi connectivity index (χ0v) is 12.5. The zero-order valence-electron chi connectivity index (χ0n) is 12.5. The van der Waals surface area contributed by atoms with Crippen molar-refractivity contribution in [3.63, 3.8) is 0 Å². The molecule has 1 aliphatic heterocycles. The van der Waals surface area contributed by atoms with Crippen molar-refractivity contribution in [3.05, 3.63) is 24.3 Å². The monoisotopic (exact) mass is 274 g/mol. The van der Waals surface area contributed by atoms with Gasteiger partial charge in [-0.15, -0.1) is 0 Å². The van der Waals surface area contributed by atoms with Gasteiger partial charge in [-0.05, 0) is 49.9 Å². The molecule has 1 unspecified atom stereocenters. The van der Waals surface area contributed by atoms with Gasteiger partial charge in [0, 0.05) is 30.5 Å². The molecule has 1 N–H and O–H groups in total. The van der Waals surface area contributed by atoms with Crippen molar-refractivity contribution in [3.8, 4) is 0 Å². The van der Waals surface area contributed by atoms with Gasteiger partial charge in [0.15, 0.2) is 0 Å². The topological polar surface area (TPSA) is 24.5 Å². The van der Waals surface area contributed by atoms with Crippen LogP contribution in [-0.4, -0.2) is 32.3 Å². The Kier molecular flexibility index (Phi) is 4.46. The first kappa shape index (κ1) is 13.7. The molecule has 1 saturated heterocycles. The highest BCUT2D eigenvalue weighted by atomic mass is 16.5. The van der Waals surface area contributed by atoms with Crippen molar-refractivity contribution in [2.45, 2.75) is 38.6 Å². The highest BCUT2D eigenvalue weighted by Crippen LogP contribution is 2.29. The molecule has 2 fully saturated rings. The first-order valence-corrected chi connectivity index (χ1v) is 8.02. The number of benzene rings is 1. The van der Waals surface area contributed by atoms with Gasteiger partial charge >= 0.3 is 0 Å². The van der Waals surface area contributed by atoms with Crippen molar-refractivity contribution in [1.82, 2.24) is 0 Å². The lowest BCUT2D eigenvalue weighted by atomic mass is 9.99. The van der Waals surface area contributed by atoms with Crippen LogP contribution in [0.5, 0.6) is 0 Å². The van der Waals surface area contributed by atoms with Gasteiger partial charge in [0.1, 0.15) is 0 Å². The Labute approximate surface area is 122 Å². The maximum Gasteiger partial charge on any atom is 0.0642 e. The van der Waals surface area contributed by atoms with Crippen molar-refractivity contribution in [2.75, 3.05) is 36.5 Å². The average Bonchev–Trinajstić information content (AvgIpc) is 3.03. The van der Waals surface area contributed by atoms with Crippen molar-refractivity contribution in [1.29, 1.82) is 0 Å². The van der Waals surface area contributed by atoms with Crippen LogP contribution in [0.4, 0.5) is 11.4 Å². The fourth-order valence-corrected chi connectivity index (χ4v) is 3.43. The second-order valence-electron chi connectivity index (χ2n) is 6.12. The number of rotatable bonds is 4. The molecule has 3 rings (SSSR count). The lowest BCUT2D eigenvalue weighted by Crippen LogP contribution is -2.36. The summed E-state index contributed by atoms with van der Waals surface area (Å²) in [5, 5.41) is 3.67. The minimum absolute atomic E-state index is 0.590. The number of anilines is 2. The van der Waals surface area contributed by atoms with Gasteiger partial charge in [0.25, 0.3) is 0 Å². The summed E-state index contributed by atoms with van der Waals surface area (Å²) in [6.45, 7) is 6.03. The Morgan fingerprint density at radius 3 is 2.40 bits per heavy atom. The SMILES string of the molecule is CC(Nc1ccc(N2CCOCC2)cc1)C1CCCC1. The third-order valence-electron chi connectivity index (χ3n) is 4.74. The standard InChI is InChI=1S/C17H26N2O/c1-14(15-4-2-3-5-15)18-16-6-8-17(9-7-16)19-10-12-20-13-11-19/h6-9,14-15,18H,2-5,10-13H2,1H3. The van der Waals surface area contributed by atoms with Crippen LogP contribution in [0.1, 0.15) is 32.6 Å². The maximum absolute atomic E-state index is 5.40. The van der Waals surface area contributed by atoms with Crippen LogP contribution in [0.25, 0.3) is 0 Å². The van der Waals surface area contributed by atoms with Crippen LogP contribution in [0.15, 0.2) is 24.3 Å². The summed E-state index contributed by atoms with van der Waals surface area (Å²) in [5.41, 5.74) is 2.56. The van der Waals surface area contributed by atoms with E-state index in [1.807, 2.05) is 0 Å². The summed E-state index contributed by atoms with van der Waals surface area (Å²) in [4.78, 5) is 2.40. The molecule has 1 aromatic rings. The quantitative estimate of drug-likeness (QED) is 0.909. The molecule has 1 heterocycles. The average molecular weight is 274 g/mol. The second kappa shape index (κ2) is 6.49. The van der Waals surface area contributed by atoms with Crippen LogP contribution >= 0.6 is 0 Å². The van der Waals surface area contributed by atoms with E-state index >= 15 is 0 Å². The van der Waals surface area contributed by atoms with Crippen molar-refractivity contribution >= 4 is 11.4 Å². The number of ether oxygens (including phenoxy) is 1. The second-order valence-corrected chi connectivity index (χ2v) is 6.12. The van der Waals surface area contributed by atoms with E-state index in [9.17, 15) is 0 Å². The molecule has 110 valence electrons. The highest BCUT2D eigenvalue weighted by molar-refractivity contribution is 5.55. The Bertz CT molecular complexity index is 406. The Morgan fingerprint density at radius 1 is 1.10 bits per heavy atom. The van der Waals surface area contributed by atoms with Crippen LogP contribution in [0, 0.1) is 5.92 Å².